The molecule has 34 heavy (non-hydrogen) atoms. The minimum absolute atomic E-state index is 0.0910. The van der Waals surface area contributed by atoms with Gasteiger partial charge in [0.1, 0.15) is 35.9 Å². The number of aliphatic hydroxyl groups excluding tert-OH is 4. The van der Waals surface area contributed by atoms with Gasteiger partial charge in [-0.15, -0.1) is 0 Å². The van der Waals surface area contributed by atoms with E-state index < -0.39 is 37.3 Å². The monoisotopic (exact) mass is 480 g/mol. The molecule has 3 rings (SSSR count). The summed E-state index contributed by atoms with van der Waals surface area (Å²) >= 11 is 0. The first-order valence-corrected chi connectivity index (χ1v) is 13.0. The number of phenolic OH excluding ortho intramolecular Hbond substituents is 1. The van der Waals surface area contributed by atoms with Crippen molar-refractivity contribution < 1.29 is 35.0 Å². The van der Waals surface area contributed by atoms with E-state index in [1.165, 1.54) is 0 Å². The number of aliphatic hydroxyl groups is 4. The highest BCUT2D eigenvalue weighted by atomic mass is 16.7. The number of rotatable bonds is 9. The Morgan fingerprint density at radius 2 is 1.79 bits per heavy atom. The summed E-state index contributed by atoms with van der Waals surface area (Å²) in [5, 5.41) is 51.8. The molecule has 0 bridgehead atoms. The van der Waals surface area contributed by atoms with Gasteiger partial charge in [0.25, 0.3) is 0 Å². The number of hydrogen-bond donors (Lipinski definition) is 5. The van der Waals surface area contributed by atoms with Gasteiger partial charge in [0.2, 0.25) is 6.29 Å². The molecule has 7 nitrogen and oxygen atoms in total. The van der Waals surface area contributed by atoms with Crippen LogP contribution in [0.3, 0.4) is 0 Å². The van der Waals surface area contributed by atoms with Gasteiger partial charge in [-0.05, 0) is 67.1 Å². The fourth-order valence-electron chi connectivity index (χ4n) is 5.69. The van der Waals surface area contributed by atoms with E-state index in [9.17, 15) is 25.5 Å². The van der Waals surface area contributed by atoms with Crippen molar-refractivity contribution in [3.8, 4) is 11.5 Å². The largest absolute Gasteiger partial charge is 0.508 e. The third kappa shape index (κ3) is 6.05. The number of ether oxygens (including phenoxy) is 2. The molecule has 0 unspecified atom stereocenters. The summed E-state index contributed by atoms with van der Waals surface area (Å²) in [5.41, 5.74) is 1.67. The van der Waals surface area contributed by atoms with Gasteiger partial charge in [-0.2, -0.15) is 0 Å². The van der Waals surface area contributed by atoms with Gasteiger partial charge in [0, 0.05) is 5.56 Å². The van der Waals surface area contributed by atoms with Gasteiger partial charge in [-0.3, -0.25) is 0 Å². The third-order valence-electron chi connectivity index (χ3n) is 7.73. The van der Waals surface area contributed by atoms with Crippen molar-refractivity contribution in [1.82, 2.24) is 0 Å². The normalized spacial score (nSPS) is 34.4. The summed E-state index contributed by atoms with van der Waals surface area (Å²) in [6.45, 7) is 8.28. The zero-order valence-electron chi connectivity index (χ0n) is 21.1. The molecule has 7 heteroatoms. The molecule has 1 aromatic carbocycles. The molecule has 0 aromatic heterocycles. The lowest BCUT2D eigenvalue weighted by atomic mass is 9.67. The van der Waals surface area contributed by atoms with E-state index in [1.54, 1.807) is 0 Å². The number of unbranched alkanes of at least 4 members (excludes halogenated alkanes) is 2. The van der Waals surface area contributed by atoms with Crippen molar-refractivity contribution >= 4 is 0 Å². The first kappa shape index (κ1) is 27.2. The van der Waals surface area contributed by atoms with E-state index in [4.69, 9.17) is 9.47 Å². The highest BCUT2D eigenvalue weighted by Gasteiger charge is 2.45. The lowest BCUT2D eigenvalue weighted by Crippen LogP contribution is -2.60. The zero-order chi connectivity index (χ0) is 25.0. The fourth-order valence-corrected chi connectivity index (χ4v) is 5.69. The van der Waals surface area contributed by atoms with Gasteiger partial charge >= 0.3 is 0 Å². The minimum atomic E-state index is -1.52. The van der Waals surface area contributed by atoms with E-state index in [-0.39, 0.29) is 11.7 Å². The second kappa shape index (κ2) is 12.0. The Morgan fingerprint density at radius 3 is 2.44 bits per heavy atom. The molecule has 0 amide bonds. The summed E-state index contributed by atoms with van der Waals surface area (Å²) < 4.78 is 11.8. The van der Waals surface area contributed by atoms with Crippen LogP contribution in [-0.4, -0.2) is 62.8 Å². The van der Waals surface area contributed by atoms with Crippen LogP contribution in [0, 0.1) is 17.8 Å². The van der Waals surface area contributed by atoms with Gasteiger partial charge in [-0.1, -0.05) is 47.0 Å². The Hall–Kier alpha value is -1.38. The minimum Gasteiger partial charge on any atom is -0.508 e. The average molecular weight is 481 g/mol. The van der Waals surface area contributed by atoms with E-state index in [0.29, 0.717) is 23.5 Å². The Bertz CT molecular complexity index is 780. The van der Waals surface area contributed by atoms with Crippen LogP contribution in [0.1, 0.15) is 83.3 Å². The number of hydrogen-bond acceptors (Lipinski definition) is 7. The number of aryl methyl sites for hydroxylation is 1. The van der Waals surface area contributed by atoms with Crippen LogP contribution >= 0.6 is 0 Å². The van der Waals surface area contributed by atoms with Gasteiger partial charge in [-0.25, -0.2) is 0 Å². The molecule has 1 saturated heterocycles. The van der Waals surface area contributed by atoms with Crippen molar-refractivity contribution in [2.45, 2.75) is 109 Å². The quantitative estimate of drug-likeness (QED) is 0.343. The molecule has 194 valence electrons. The standard InChI is InChI=1S/C27H44O7/c1-5-6-7-8-17-12-20(29)23(19-11-16(4)9-10-18(19)15(2)3)21(13-17)33-27-26(32)25(31)24(30)22(14-28)34-27/h12-13,15-16,18-19,22,24-32H,5-11,14H2,1-4H3/t16-,18+,19-,22-,24-,25+,26-,27-/m1/s1. The topological polar surface area (TPSA) is 120 Å². The highest BCUT2D eigenvalue weighted by molar-refractivity contribution is 5.50. The Labute approximate surface area is 203 Å². The molecular formula is C27H44O7. The van der Waals surface area contributed by atoms with Crippen LogP contribution in [0.15, 0.2) is 12.1 Å². The first-order chi connectivity index (χ1) is 16.2. The Balaban J connectivity index is 2.00. The predicted molar refractivity (Wildman–Crippen MR) is 130 cm³/mol. The molecular weight excluding hydrogens is 436 g/mol. The van der Waals surface area contributed by atoms with Gasteiger partial charge in [0.05, 0.1) is 6.61 Å². The molecule has 5 N–H and O–H groups in total. The summed E-state index contributed by atoms with van der Waals surface area (Å²) in [6, 6.07) is 3.75. The van der Waals surface area contributed by atoms with E-state index in [1.807, 2.05) is 12.1 Å². The maximum absolute atomic E-state index is 11.2. The van der Waals surface area contributed by atoms with E-state index in [0.717, 1.165) is 56.1 Å². The number of benzene rings is 1. The number of aromatic hydroxyl groups is 1. The summed E-state index contributed by atoms with van der Waals surface area (Å²) in [7, 11) is 0. The van der Waals surface area contributed by atoms with Crippen LogP contribution in [0.25, 0.3) is 0 Å². The van der Waals surface area contributed by atoms with Gasteiger partial charge in [0.15, 0.2) is 0 Å². The van der Waals surface area contributed by atoms with Gasteiger partial charge < -0.3 is 35.0 Å². The van der Waals surface area contributed by atoms with Crippen molar-refractivity contribution in [3.63, 3.8) is 0 Å². The zero-order valence-corrected chi connectivity index (χ0v) is 21.1. The molecule has 1 aliphatic heterocycles. The molecule has 0 spiro atoms. The maximum atomic E-state index is 11.2. The molecule has 1 aliphatic carbocycles. The fraction of sp³-hybridized carbons (Fsp3) is 0.778. The first-order valence-electron chi connectivity index (χ1n) is 13.0. The molecule has 0 radical (unpaired) electrons. The van der Waals surface area contributed by atoms with E-state index >= 15 is 0 Å². The Morgan fingerprint density at radius 1 is 1.06 bits per heavy atom. The van der Waals surface area contributed by atoms with Crippen LogP contribution in [0.2, 0.25) is 0 Å². The van der Waals surface area contributed by atoms with Crippen LogP contribution in [-0.2, 0) is 11.2 Å². The second-order valence-electron chi connectivity index (χ2n) is 10.7. The molecule has 1 heterocycles. The molecule has 1 aromatic rings. The summed E-state index contributed by atoms with van der Waals surface area (Å²) in [4.78, 5) is 0. The molecule has 2 aliphatic rings. The van der Waals surface area contributed by atoms with Crippen molar-refractivity contribution in [1.29, 1.82) is 0 Å². The maximum Gasteiger partial charge on any atom is 0.229 e. The Kier molecular flexibility index (Phi) is 9.64. The van der Waals surface area contributed by atoms with Crippen LogP contribution < -0.4 is 4.74 Å². The SMILES string of the molecule is CCCCCc1cc(O)c([C@@H]2C[C@H](C)CC[C@H]2C(C)C)c(O[C@@H]2O[C@H](CO)[C@@H](O)[C@H](O)[C@H]2O)c1. The lowest BCUT2D eigenvalue weighted by Gasteiger charge is -2.41. The van der Waals surface area contributed by atoms with E-state index in [2.05, 4.69) is 27.7 Å². The molecule has 1 saturated carbocycles. The molecule has 8 atom stereocenters. The van der Waals surface area contributed by atoms with Crippen LogP contribution in [0.4, 0.5) is 0 Å². The predicted octanol–water partition coefficient (Wildman–Crippen LogP) is 3.48. The second-order valence-corrected chi connectivity index (χ2v) is 10.7. The smallest absolute Gasteiger partial charge is 0.229 e. The van der Waals surface area contributed by atoms with Crippen molar-refractivity contribution in [2.24, 2.45) is 17.8 Å². The number of phenols is 1. The summed E-state index contributed by atoms with van der Waals surface area (Å²) in [6.07, 6.45) is 0.319. The summed E-state index contributed by atoms with van der Waals surface area (Å²) in [5.74, 6) is 2.06. The van der Waals surface area contributed by atoms with Crippen LogP contribution in [0.5, 0.6) is 11.5 Å². The van der Waals surface area contributed by atoms with Crippen molar-refractivity contribution in [3.05, 3.63) is 23.3 Å². The highest BCUT2D eigenvalue weighted by Crippen LogP contribution is 2.50. The molecule has 2 fully saturated rings. The average Bonchev–Trinajstić information content (AvgIpc) is 2.79. The van der Waals surface area contributed by atoms with Crippen molar-refractivity contribution in [2.75, 3.05) is 6.61 Å². The lowest BCUT2D eigenvalue weighted by molar-refractivity contribution is -0.277. The third-order valence-corrected chi connectivity index (χ3v) is 7.73.